The summed E-state index contributed by atoms with van der Waals surface area (Å²) in [6, 6.07) is 16.5. The lowest BCUT2D eigenvalue weighted by Gasteiger charge is -2.15. The van der Waals surface area contributed by atoms with Crippen molar-refractivity contribution in [3.05, 3.63) is 88.7 Å². The van der Waals surface area contributed by atoms with Gasteiger partial charge < -0.3 is 4.74 Å². The minimum Gasteiger partial charge on any atom is -0.489 e. The number of ether oxygens (including phenoxy) is 1. The van der Waals surface area contributed by atoms with Crippen LogP contribution in [0, 0.1) is 19.8 Å². The smallest absolute Gasteiger partial charge is 0.163 e. The second-order valence-corrected chi connectivity index (χ2v) is 9.77. The first kappa shape index (κ1) is 22.6. The van der Waals surface area contributed by atoms with E-state index in [1.54, 1.807) is 0 Å². The maximum Gasteiger partial charge on any atom is 0.163 e. The summed E-state index contributed by atoms with van der Waals surface area (Å²) in [4.78, 5) is 18.1. The summed E-state index contributed by atoms with van der Waals surface area (Å²) >= 11 is 1.81. The van der Waals surface area contributed by atoms with Gasteiger partial charge in [-0.25, -0.2) is 0 Å². The van der Waals surface area contributed by atoms with Crippen LogP contribution in [0.3, 0.4) is 0 Å². The highest BCUT2D eigenvalue weighted by atomic mass is 32.2. The van der Waals surface area contributed by atoms with Crippen LogP contribution in [0.2, 0.25) is 0 Å². The van der Waals surface area contributed by atoms with Crippen molar-refractivity contribution in [3.8, 4) is 5.75 Å². The minimum atomic E-state index is 0.281. The van der Waals surface area contributed by atoms with Crippen molar-refractivity contribution in [2.75, 3.05) is 0 Å². The summed E-state index contributed by atoms with van der Waals surface area (Å²) in [6.45, 7) is 4.61. The fraction of sp³-hybridized carbons (Fsp3) is 0.357. The van der Waals surface area contributed by atoms with E-state index in [1.165, 1.54) is 36.1 Å². The molecule has 32 heavy (non-hydrogen) atoms. The molecule has 1 saturated carbocycles. The highest BCUT2D eigenvalue weighted by molar-refractivity contribution is 7.98. The molecule has 2 aromatic carbocycles. The SMILES string of the molecule is Cc1c(OCc2cccc(SCc3ccncc3)c2)ccc(C(=O)CC2CCCC2)c1C. The first-order chi connectivity index (χ1) is 15.6. The van der Waals surface area contributed by atoms with Crippen LogP contribution in [0.5, 0.6) is 5.75 Å². The Morgan fingerprint density at radius 1 is 1.00 bits per heavy atom. The Hall–Kier alpha value is -2.59. The van der Waals surface area contributed by atoms with Crippen molar-refractivity contribution in [2.24, 2.45) is 5.92 Å². The summed E-state index contributed by atoms with van der Waals surface area (Å²) in [5.74, 6) is 2.63. The van der Waals surface area contributed by atoms with Crippen LogP contribution in [-0.2, 0) is 12.4 Å². The van der Waals surface area contributed by atoms with Gasteiger partial charge in [-0.15, -0.1) is 11.8 Å². The number of hydrogen-bond acceptors (Lipinski definition) is 4. The molecule has 0 spiro atoms. The third kappa shape index (κ3) is 5.80. The molecular weight excluding hydrogens is 414 g/mol. The van der Waals surface area contributed by atoms with Gasteiger partial charge in [-0.3, -0.25) is 9.78 Å². The molecule has 0 amide bonds. The average molecular weight is 446 g/mol. The molecule has 1 aromatic heterocycles. The number of aromatic nitrogens is 1. The molecule has 1 heterocycles. The number of rotatable bonds is 9. The van der Waals surface area contributed by atoms with Crippen molar-refractivity contribution in [1.82, 2.24) is 4.98 Å². The van der Waals surface area contributed by atoms with E-state index < -0.39 is 0 Å². The van der Waals surface area contributed by atoms with Crippen LogP contribution in [0.4, 0.5) is 0 Å². The fourth-order valence-electron chi connectivity index (χ4n) is 4.37. The van der Waals surface area contributed by atoms with Crippen LogP contribution in [0.1, 0.15) is 64.7 Å². The summed E-state index contributed by atoms with van der Waals surface area (Å²) in [6.07, 6.45) is 9.29. The maximum absolute atomic E-state index is 12.8. The van der Waals surface area contributed by atoms with Crippen LogP contribution >= 0.6 is 11.8 Å². The lowest BCUT2D eigenvalue weighted by molar-refractivity contribution is 0.0961. The topological polar surface area (TPSA) is 39.2 Å². The number of thioether (sulfide) groups is 1. The fourth-order valence-corrected chi connectivity index (χ4v) is 5.31. The monoisotopic (exact) mass is 445 g/mol. The number of ketones is 1. The van der Waals surface area contributed by atoms with E-state index in [4.69, 9.17) is 4.74 Å². The van der Waals surface area contributed by atoms with Crippen LogP contribution in [-0.4, -0.2) is 10.8 Å². The molecule has 1 fully saturated rings. The van der Waals surface area contributed by atoms with Gasteiger partial charge in [0.2, 0.25) is 0 Å². The molecule has 4 rings (SSSR count). The van der Waals surface area contributed by atoms with Gasteiger partial charge in [0.15, 0.2) is 5.78 Å². The third-order valence-corrected chi connectivity index (χ3v) is 7.50. The molecule has 0 bridgehead atoms. The zero-order chi connectivity index (χ0) is 22.3. The molecule has 0 atom stereocenters. The average Bonchev–Trinajstić information content (AvgIpc) is 3.32. The molecule has 3 aromatic rings. The Bertz CT molecular complexity index is 1060. The van der Waals surface area contributed by atoms with E-state index in [1.807, 2.05) is 55.3 Å². The lowest BCUT2D eigenvalue weighted by atomic mass is 9.92. The van der Waals surface area contributed by atoms with Crippen molar-refractivity contribution >= 4 is 17.5 Å². The summed E-state index contributed by atoms with van der Waals surface area (Å²) in [5, 5.41) is 0. The summed E-state index contributed by atoms with van der Waals surface area (Å²) < 4.78 is 6.16. The molecule has 0 unspecified atom stereocenters. The van der Waals surface area contributed by atoms with Gasteiger partial charge in [0, 0.05) is 35.0 Å². The molecule has 0 aliphatic heterocycles. The Labute approximate surface area is 195 Å². The Morgan fingerprint density at radius 3 is 2.56 bits per heavy atom. The summed E-state index contributed by atoms with van der Waals surface area (Å²) in [7, 11) is 0. The zero-order valence-corrected chi connectivity index (χ0v) is 19.8. The first-order valence-electron chi connectivity index (χ1n) is 11.5. The van der Waals surface area contributed by atoms with Gasteiger partial charge in [-0.05, 0) is 78.4 Å². The molecule has 1 aliphatic carbocycles. The van der Waals surface area contributed by atoms with Gasteiger partial charge in [-0.2, -0.15) is 0 Å². The van der Waals surface area contributed by atoms with E-state index in [0.717, 1.165) is 33.8 Å². The standard InChI is InChI=1S/C28H31NO2S/c1-20-21(2)28(11-10-26(20)27(30)17-22-6-3-4-7-22)31-18-24-8-5-9-25(16-24)32-19-23-12-14-29-15-13-23/h5,8-16,22H,3-4,6-7,17-19H2,1-2H3. The van der Waals surface area contributed by atoms with E-state index in [2.05, 4.69) is 36.2 Å². The third-order valence-electron chi connectivity index (χ3n) is 6.43. The Morgan fingerprint density at radius 2 is 1.78 bits per heavy atom. The molecular formula is C28H31NO2S. The second-order valence-electron chi connectivity index (χ2n) is 8.72. The molecule has 0 N–H and O–H groups in total. The maximum atomic E-state index is 12.8. The molecule has 166 valence electrons. The van der Waals surface area contributed by atoms with Crippen LogP contribution in [0.15, 0.2) is 65.8 Å². The normalized spacial score (nSPS) is 13.9. The molecule has 0 radical (unpaired) electrons. The first-order valence-corrected chi connectivity index (χ1v) is 12.5. The van der Waals surface area contributed by atoms with Gasteiger partial charge in [-0.1, -0.05) is 37.8 Å². The second kappa shape index (κ2) is 10.8. The molecule has 4 heteroatoms. The molecule has 3 nitrogen and oxygen atoms in total. The lowest BCUT2D eigenvalue weighted by Crippen LogP contribution is -2.09. The Balaban J connectivity index is 1.37. The van der Waals surface area contributed by atoms with E-state index in [-0.39, 0.29) is 5.78 Å². The van der Waals surface area contributed by atoms with E-state index in [0.29, 0.717) is 18.9 Å². The molecule has 0 saturated heterocycles. The zero-order valence-electron chi connectivity index (χ0n) is 19.0. The van der Waals surface area contributed by atoms with Gasteiger partial charge in [0.25, 0.3) is 0 Å². The quantitative estimate of drug-likeness (QED) is 0.255. The number of carbonyl (C=O) groups is 1. The summed E-state index contributed by atoms with van der Waals surface area (Å²) in [5.41, 5.74) is 5.37. The Kier molecular flexibility index (Phi) is 7.64. The number of pyridine rings is 1. The van der Waals surface area contributed by atoms with Crippen molar-refractivity contribution in [3.63, 3.8) is 0 Å². The van der Waals surface area contributed by atoms with E-state index in [9.17, 15) is 4.79 Å². The van der Waals surface area contributed by atoms with Crippen molar-refractivity contribution in [2.45, 2.75) is 63.2 Å². The van der Waals surface area contributed by atoms with Gasteiger partial charge in [0.05, 0.1) is 0 Å². The number of benzene rings is 2. The predicted octanol–water partition coefficient (Wildman–Crippen LogP) is 7.33. The minimum absolute atomic E-state index is 0.281. The van der Waals surface area contributed by atoms with Gasteiger partial charge >= 0.3 is 0 Å². The van der Waals surface area contributed by atoms with Gasteiger partial charge in [0.1, 0.15) is 12.4 Å². The van der Waals surface area contributed by atoms with Crippen molar-refractivity contribution in [1.29, 1.82) is 0 Å². The number of carbonyl (C=O) groups excluding carboxylic acids is 1. The largest absolute Gasteiger partial charge is 0.489 e. The highest BCUT2D eigenvalue weighted by Gasteiger charge is 2.21. The van der Waals surface area contributed by atoms with Crippen molar-refractivity contribution < 1.29 is 9.53 Å². The number of Topliss-reactive ketones (excluding diaryl/α,β-unsaturated/α-hetero) is 1. The van der Waals surface area contributed by atoms with E-state index >= 15 is 0 Å². The number of hydrogen-bond donors (Lipinski definition) is 0. The highest BCUT2D eigenvalue weighted by Crippen LogP contribution is 2.31. The molecule has 1 aliphatic rings. The number of nitrogens with zero attached hydrogens (tertiary/aromatic N) is 1. The van der Waals surface area contributed by atoms with Crippen LogP contribution < -0.4 is 4.74 Å². The predicted molar refractivity (Wildman–Crippen MR) is 131 cm³/mol. The van der Waals surface area contributed by atoms with Crippen LogP contribution in [0.25, 0.3) is 0 Å².